The Morgan fingerprint density at radius 3 is 2.24 bits per heavy atom. The van der Waals surface area contributed by atoms with E-state index in [1.807, 2.05) is 0 Å². The molecule has 29 heavy (non-hydrogen) atoms. The second-order valence-corrected chi connectivity index (χ2v) is 9.64. The normalized spacial score (nSPS) is 24.1. The predicted octanol–water partition coefficient (Wildman–Crippen LogP) is 2.32. The van der Waals surface area contributed by atoms with Gasteiger partial charge in [0.1, 0.15) is 0 Å². The highest BCUT2D eigenvalue weighted by molar-refractivity contribution is 7.89. The Morgan fingerprint density at radius 1 is 1.07 bits per heavy atom. The molecule has 0 aromatic heterocycles. The van der Waals surface area contributed by atoms with E-state index < -0.39 is 40.7 Å². The molecule has 10 heteroatoms. The topological polar surface area (TPSA) is 77.9 Å². The van der Waals surface area contributed by atoms with Crippen LogP contribution in [-0.2, 0) is 21.2 Å². The standard InChI is InChI=1S/C19H25F3N2O4S/c20-19(21,22)18(26)10-13-23(14-18)17(25)9-6-15-4-7-16(8-5-15)29(27,28)24-11-2-1-3-12-24/h4-5,7-8,26H,1-3,6,9-14H2. The van der Waals surface area contributed by atoms with Crippen LogP contribution in [0.25, 0.3) is 0 Å². The molecule has 6 nitrogen and oxygen atoms in total. The van der Waals surface area contributed by atoms with Crippen molar-refractivity contribution in [1.82, 2.24) is 9.21 Å². The average Bonchev–Trinajstić information content (AvgIpc) is 3.11. The molecule has 2 fully saturated rings. The van der Waals surface area contributed by atoms with Gasteiger partial charge in [-0.2, -0.15) is 17.5 Å². The molecule has 1 aromatic rings. The fourth-order valence-corrected chi connectivity index (χ4v) is 5.25. The fraction of sp³-hybridized carbons (Fsp3) is 0.632. The van der Waals surface area contributed by atoms with Crippen molar-refractivity contribution in [2.75, 3.05) is 26.2 Å². The molecular formula is C19H25F3N2O4S. The van der Waals surface area contributed by atoms with Gasteiger partial charge >= 0.3 is 6.18 Å². The van der Waals surface area contributed by atoms with Crippen molar-refractivity contribution in [2.24, 2.45) is 0 Å². The molecule has 3 rings (SSSR count). The molecule has 0 saturated carbocycles. The molecular weight excluding hydrogens is 409 g/mol. The van der Waals surface area contributed by atoms with E-state index in [-0.39, 0.29) is 24.3 Å². The van der Waals surface area contributed by atoms with Crippen molar-refractivity contribution >= 4 is 15.9 Å². The number of amides is 1. The first kappa shape index (κ1) is 22.0. The summed E-state index contributed by atoms with van der Waals surface area (Å²) >= 11 is 0. The van der Waals surface area contributed by atoms with Gasteiger partial charge in [-0.3, -0.25) is 4.79 Å². The fourth-order valence-electron chi connectivity index (χ4n) is 3.73. The third-order valence-corrected chi connectivity index (χ3v) is 7.54. The van der Waals surface area contributed by atoms with Crippen LogP contribution in [0.3, 0.4) is 0 Å². The number of aryl methyl sites for hydroxylation is 1. The monoisotopic (exact) mass is 434 g/mol. The van der Waals surface area contributed by atoms with Gasteiger partial charge in [0.15, 0.2) is 5.60 Å². The smallest absolute Gasteiger partial charge is 0.379 e. The van der Waals surface area contributed by atoms with Gasteiger partial charge in [0.2, 0.25) is 15.9 Å². The second kappa shape index (κ2) is 8.23. The Labute approximate surface area is 168 Å². The molecule has 1 N–H and O–H groups in total. The van der Waals surface area contributed by atoms with Crippen LogP contribution < -0.4 is 0 Å². The van der Waals surface area contributed by atoms with Crippen molar-refractivity contribution in [2.45, 2.75) is 55.2 Å². The highest BCUT2D eigenvalue weighted by Crippen LogP contribution is 2.37. The summed E-state index contributed by atoms with van der Waals surface area (Å²) in [6.07, 6.45) is -2.30. The Morgan fingerprint density at radius 2 is 1.69 bits per heavy atom. The molecule has 2 aliphatic heterocycles. The number of sulfonamides is 1. The summed E-state index contributed by atoms with van der Waals surface area (Å²) in [6.45, 7) is 0.140. The van der Waals surface area contributed by atoms with Gasteiger partial charge in [-0.15, -0.1) is 0 Å². The lowest BCUT2D eigenvalue weighted by atomic mass is 10.0. The Bertz CT molecular complexity index is 836. The highest BCUT2D eigenvalue weighted by atomic mass is 32.2. The number of benzene rings is 1. The van der Waals surface area contributed by atoms with Crippen LogP contribution in [0.15, 0.2) is 29.2 Å². The number of carbonyl (C=O) groups excluding carboxylic acids is 1. The van der Waals surface area contributed by atoms with Crippen LogP contribution in [-0.4, -0.2) is 66.6 Å². The SMILES string of the molecule is O=C(CCc1ccc(S(=O)(=O)N2CCCCC2)cc1)N1CCC(O)(C(F)(F)F)C1. The number of carbonyl (C=O) groups is 1. The van der Waals surface area contributed by atoms with Gasteiger partial charge < -0.3 is 10.0 Å². The molecule has 1 unspecified atom stereocenters. The third kappa shape index (κ3) is 4.75. The van der Waals surface area contributed by atoms with Crippen molar-refractivity contribution < 1.29 is 31.5 Å². The number of nitrogens with zero attached hydrogens (tertiary/aromatic N) is 2. The van der Waals surface area contributed by atoms with Gasteiger partial charge in [0, 0.05) is 32.5 Å². The molecule has 0 spiro atoms. The Kier molecular flexibility index (Phi) is 6.26. The van der Waals surface area contributed by atoms with Crippen molar-refractivity contribution in [3.8, 4) is 0 Å². The lowest BCUT2D eigenvalue weighted by molar-refractivity contribution is -0.253. The number of aliphatic hydroxyl groups is 1. The maximum atomic E-state index is 12.9. The van der Waals surface area contributed by atoms with Crippen molar-refractivity contribution in [1.29, 1.82) is 0 Å². The van der Waals surface area contributed by atoms with Crippen molar-refractivity contribution in [3.05, 3.63) is 29.8 Å². The van der Waals surface area contributed by atoms with Gasteiger partial charge in [0.25, 0.3) is 0 Å². The minimum absolute atomic E-state index is 0.00778. The maximum absolute atomic E-state index is 12.9. The number of rotatable bonds is 5. The third-order valence-electron chi connectivity index (χ3n) is 5.63. The van der Waals surface area contributed by atoms with Gasteiger partial charge in [-0.05, 0) is 37.0 Å². The van der Waals surface area contributed by atoms with Crippen LogP contribution in [0.5, 0.6) is 0 Å². The molecule has 2 aliphatic rings. The number of halogens is 3. The summed E-state index contributed by atoms with van der Waals surface area (Å²) in [7, 11) is -3.53. The average molecular weight is 434 g/mol. The zero-order valence-corrected chi connectivity index (χ0v) is 16.8. The molecule has 1 aromatic carbocycles. The molecule has 0 bridgehead atoms. The second-order valence-electron chi connectivity index (χ2n) is 7.70. The van der Waals surface area contributed by atoms with E-state index in [2.05, 4.69) is 0 Å². The Hall–Kier alpha value is -1.65. The van der Waals surface area contributed by atoms with E-state index in [0.29, 0.717) is 13.1 Å². The molecule has 2 saturated heterocycles. The van der Waals surface area contributed by atoms with E-state index in [1.54, 1.807) is 12.1 Å². The molecule has 2 heterocycles. The molecule has 0 aliphatic carbocycles. The zero-order valence-electron chi connectivity index (χ0n) is 16.0. The summed E-state index contributed by atoms with van der Waals surface area (Å²) in [4.78, 5) is 13.4. The van der Waals surface area contributed by atoms with E-state index in [0.717, 1.165) is 29.7 Å². The number of alkyl halides is 3. The number of likely N-dealkylation sites (tertiary alicyclic amines) is 1. The summed E-state index contributed by atoms with van der Waals surface area (Å²) < 4.78 is 65.3. The zero-order chi connectivity index (χ0) is 21.3. The summed E-state index contributed by atoms with van der Waals surface area (Å²) in [5.41, 5.74) is -2.12. The first-order valence-corrected chi connectivity index (χ1v) is 11.1. The number of hydrogen-bond acceptors (Lipinski definition) is 4. The molecule has 162 valence electrons. The van der Waals surface area contributed by atoms with E-state index in [4.69, 9.17) is 0 Å². The first-order valence-electron chi connectivity index (χ1n) is 9.69. The number of piperidine rings is 1. The Balaban J connectivity index is 1.56. The number of β-amino-alcohol motifs (C(OH)–C–C–N with tert-alkyl or cyclic N) is 1. The van der Waals surface area contributed by atoms with E-state index in [1.165, 1.54) is 16.4 Å². The summed E-state index contributed by atoms with van der Waals surface area (Å²) in [5.74, 6) is -0.463. The molecule has 0 radical (unpaired) electrons. The molecule has 1 atom stereocenters. The quantitative estimate of drug-likeness (QED) is 0.772. The largest absolute Gasteiger partial charge is 0.419 e. The lowest BCUT2D eigenvalue weighted by Crippen LogP contribution is -2.48. The summed E-state index contributed by atoms with van der Waals surface area (Å²) in [5, 5.41) is 9.67. The minimum Gasteiger partial charge on any atom is -0.379 e. The van der Waals surface area contributed by atoms with Gasteiger partial charge in [0.05, 0.1) is 11.4 Å². The highest BCUT2D eigenvalue weighted by Gasteiger charge is 2.57. The molecule has 1 amide bonds. The van der Waals surface area contributed by atoms with Crippen LogP contribution >= 0.6 is 0 Å². The van der Waals surface area contributed by atoms with E-state index >= 15 is 0 Å². The van der Waals surface area contributed by atoms with Crippen LogP contribution in [0.1, 0.15) is 37.7 Å². The van der Waals surface area contributed by atoms with Gasteiger partial charge in [-0.1, -0.05) is 18.6 Å². The van der Waals surface area contributed by atoms with Crippen LogP contribution in [0.2, 0.25) is 0 Å². The maximum Gasteiger partial charge on any atom is 0.419 e. The van der Waals surface area contributed by atoms with Gasteiger partial charge in [-0.25, -0.2) is 8.42 Å². The minimum atomic E-state index is -4.77. The summed E-state index contributed by atoms with van der Waals surface area (Å²) in [6, 6.07) is 6.25. The van der Waals surface area contributed by atoms with Crippen LogP contribution in [0, 0.1) is 0 Å². The van der Waals surface area contributed by atoms with Crippen LogP contribution in [0.4, 0.5) is 13.2 Å². The predicted molar refractivity (Wildman–Crippen MR) is 99.6 cm³/mol. The van der Waals surface area contributed by atoms with Crippen molar-refractivity contribution in [3.63, 3.8) is 0 Å². The lowest BCUT2D eigenvalue weighted by Gasteiger charge is -2.26. The number of hydrogen-bond donors (Lipinski definition) is 1. The van der Waals surface area contributed by atoms with E-state index in [9.17, 15) is 31.5 Å². The first-order chi connectivity index (χ1) is 13.5.